The van der Waals surface area contributed by atoms with E-state index in [-0.39, 0.29) is 17.0 Å². The number of rotatable bonds is 4. The molecule has 3 rings (SSSR count). The SMILES string of the molecule is CC1Cc2cc(S(N)(=O)=O)ccc2N1S(=O)(=O)c1ccccc1OC(F)(F)F. The topological polar surface area (TPSA) is 107 Å². The molecule has 1 atom stereocenters. The molecule has 1 heterocycles. The number of halogens is 3. The van der Waals surface area contributed by atoms with E-state index in [2.05, 4.69) is 4.74 Å². The fourth-order valence-electron chi connectivity index (χ4n) is 3.10. The second-order valence-corrected chi connectivity index (χ2v) is 9.53. The highest BCUT2D eigenvalue weighted by Crippen LogP contribution is 2.40. The van der Waals surface area contributed by atoms with Crippen molar-refractivity contribution >= 4 is 25.7 Å². The molecule has 0 fully saturated rings. The molecule has 1 aliphatic rings. The Bertz CT molecular complexity index is 1130. The number of ether oxygens (including phenoxy) is 1. The van der Waals surface area contributed by atoms with Gasteiger partial charge in [-0.3, -0.25) is 4.31 Å². The fraction of sp³-hybridized carbons (Fsp3) is 0.250. The van der Waals surface area contributed by atoms with Gasteiger partial charge in [0, 0.05) is 6.04 Å². The largest absolute Gasteiger partial charge is 0.573 e. The summed E-state index contributed by atoms with van der Waals surface area (Å²) >= 11 is 0. The van der Waals surface area contributed by atoms with Gasteiger partial charge in [0.15, 0.2) is 0 Å². The smallest absolute Gasteiger partial charge is 0.404 e. The number of benzene rings is 2. The molecule has 152 valence electrons. The number of hydrogen-bond donors (Lipinski definition) is 1. The molecular weight excluding hydrogens is 421 g/mol. The fourth-order valence-corrected chi connectivity index (χ4v) is 5.48. The first kappa shape index (κ1) is 20.4. The monoisotopic (exact) mass is 436 g/mol. The summed E-state index contributed by atoms with van der Waals surface area (Å²) in [6, 6.07) is 7.44. The lowest BCUT2D eigenvalue weighted by Gasteiger charge is -2.25. The van der Waals surface area contributed by atoms with Crippen LogP contribution >= 0.6 is 0 Å². The van der Waals surface area contributed by atoms with Crippen molar-refractivity contribution in [2.45, 2.75) is 35.5 Å². The summed E-state index contributed by atoms with van der Waals surface area (Å²) in [6.07, 6.45) is -4.90. The third-order valence-corrected chi connectivity index (χ3v) is 7.02. The third kappa shape index (κ3) is 3.80. The molecule has 0 bridgehead atoms. The summed E-state index contributed by atoms with van der Waals surface area (Å²) in [6.45, 7) is 1.56. The van der Waals surface area contributed by atoms with Crippen molar-refractivity contribution in [1.29, 1.82) is 0 Å². The van der Waals surface area contributed by atoms with Crippen molar-refractivity contribution in [3.8, 4) is 5.75 Å². The van der Waals surface area contributed by atoms with Crippen LogP contribution < -0.4 is 14.2 Å². The highest BCUT2D eigenvalue weighted by Gasteiger charge is 2.40. The minimum atomic E-state index is -5.06. The molecule has 0 radical (unpaired) electrons. The maximum atomic E-state index is 13.1. The predicted molar refractivity (Wildman–Crippen MR) is 93.8 cm³/mol. The molecule has 1 aliphatic heterocycles. The number of primary sulfonamides is 1. The molecule has 0 aromatic heterocycles. The van der Waals surface area contributed by atoms with Crippen molar-refractivity contribution in [2.75, 3.05) is 4.31 Å². The first-order chi connectivity index (χ1) is 12.8. The summed E-state index contributed by atoms with van der Waals surface area (Å²) in [5.41, 5.74) is 0.568. The van der Waals surface area contributed by atoms with Gasteiger partial charge < -0.3 is 4.74 Å². The molecule has 2 aromatic rings. The molecule has 0 saturated carbocycles. The zero-order valence-electron chi connectivity index (χ0n) is 14.3. The molecule has 0 amide bonds. The van der Waals surface area contributed by atoms with Crippen LogP contribution in [0.25, 0.3) is 0 Å². The molecule has 12 heteroatoms. The van der Waals surface area contributed by atoms with Crippen molar-refractivity contribution < 1.29 is 34.7 Å². The standard InChI is InChI=1S/C16H15F3N2O5S2/c1-10-8-11-9-12(27(20,22)23)6-7-13(11)21(10)28(24,25)15-5-3-2-4-14(15)26-16(17,18)19/h2-7,9-10H,8H2,1H3,(H2,20,22,23). The van der Waals surface area contributed by atoms with E-state index in [0.717, 1.165) is 22.5 Å². The van der Waals surface area contributed by atoms with E-state index in [9.17, 15) is 30.0 Å². The molecule has 2 N–H and O–H groups in total. The molecule has 0 spiro atoms. The van der Waals surface area contributed by atoms with Crippen LogP contribution in [0.2, 0.25) is 0 Å². The number of hydrogen-bond acceptors (Lipinski definition) is 5. The number of alkyl halides is 3. The molecule has 7 nitrogen and oxygen atoms in total. The van der Waals surface area contributed by atoms with Gasteiger partial charge in [-0.2, -0.15) is 0 Å². The van der Waals surface area contributed by atoms with Crippen LogP contribution in [0, 0.1) is 0 Å². The van der Waals surface area contributed by atoms with Gasteiger partial charge >= 0.3 is 6.36 Å². The lowest BCUT2D eigenvalue weighted by atomic mass is 10.1. The van der Waals surface area contributed by atoms with Gasteiger partial charge in [0.05, 0.1) is 10.6 Å². The van der Waals surface area contributed by atoms with Gasteiger partial charge in [-0.15, -0.1) is 13.2 Å². The van der Waals surface area contributed by atoms with Crippen molar-refractivity contribution in [2.24, 2.45) is 5.14 Å². The number of fused-ring (bicyclic) bond motifs is 1. The van der Waals surface area contributed by atoms with E-state index >= 15 is 0 Å². The number of nitrogens with two attached hydrogens (primary N) is 1. The Morgan fingerprint density at radius 2 is 1.75 bits per heavy atom. The van der Waals surface area contributed by atoms with Gasteiger partial charge in [0.1, 0.15) is 10.6 Å². The Kier molecular flexibility index (Phi) is 4.84. The van der Waals surface area contributed by atoms with E-state index in [1.54, 1.807) is 6.92 Å². The van der Waals surface area contributed by atoms with Gasteiger partial charge in [-0.05, 0) is 49.2 Å². The minimum absolute atomic E-state index is 0.167. The number of nitrogens with zero attached hydrogens (tertiary/aromatic N) is 1. The zero-order valence-corrected chi connectivity index (χ0v) is 16.0. The molecule has 1 unspecified atom stereocenters. The first-order valence-electron chi connectivity index (χ1n) is 7.85. The predicted octanol–water partition coefficient (Wildman–Crippen LogP) is 2.37. The van der Waals surface area contributed by atoms with Crippen molar-refractivity contribution in [1.82, 2.24) is 0 Å². The second kappa shape index (κ2) is 6.64. The third-order valence-electron chi connectivity index (χ3n) is 4.14. The van der Waals surface area contributed by atoms with Gasteiger partial charge in [0.25, 0.3) is 10.0 Å². The lowest BCUT2D eigenvalue weighted by molar-refractivity contribution is -0.275. The van der Waals surface area contributed by atoms with E-state index < -0.39 is 43.1 Å². The van der Waals surface area contributed by atoms with Crippen LogP contribution in [-0.4, -0.2) is 29.2 Å². The summed E-state index contributed by atoms with van der Waals surface area (Å²) in [5, 5.41) is 5.09. The van der Waals surface area contributed by atoms with Gasteiger partial charge in [-0.25, -0.2) is 22.0 Å². The molecule has 0 saturated heterocycles. The van der Waals surface area contributed by atoms with Crippen LogP contribution in [0.3, 0.4) is 0 Å². The Balaban J connectivity index is 2.11. The van der Waals surface area contributed by atoms with E-state index in [4.69, 9.17) is 5.14 Å². The van der Waals surface area contributed by atoms with E-state index in [0.29, 0.717) is 5.56 Å². The maximum absolute atomic E-state index is 13.1. The second-order valence-electron chi connectivity index (χ2n) is 6.18. The lowest BCUT2D eigenvalue weighted by Crippen LogP contribution is -2.36. The molecule has 2 aromatic carbocycles. The quantitative estimate of drug-likeness (QED) is 0.792. The van der Waals surface area contributed by atoms with Crippen LogP contribution in [0.4, 0.5) is 18.9 Å². The zero-order chi connectivity index (χ0) is 20.9. The Morgan fingerprint density at radius 3 is 2.36 bits per heavy atom. The van der Waals surface area contributed by atoms with E-state index in [1.165, 1.54) is 24.3 Å². The van der Waals surface area contributed by atoms with Crippen LogP contribution in [0.15, 0.2) is 52.3 Å². The highest BCUT2D eigenvalue weighted by atomic mass is 32.2. The normalized spacial score (nSPS) is 17.5. The summed E-state index contributed by atoms with van der Waals surface area (Å²) in [5.74, 6) is -0.850. The maximum Gasteiger partial charge on any atom is 0.573 e. The summed E-state index contributed by atoms with van der Waals surface area (Å²) in [7, 11) is -8.41. The van der Waals surface area contributed by atoms with Gasteiger partial charge in [0.2, 0.25) is 10.0 Å². The number of sulfonamides is 2. The molecule has 28 heavy (non-hydrogen) atoms. The van der Waals surface area contributed by atoms with Gasteiger partial charge in [-0.1, -0.05) is 12.1 Å². The summed E-state index contributed by atoms with van der Waals surface area (Å²) in [4.78, 5) is -0.832. The Labute approximate surface area is 159 Å². The molecular formula is C16H15F3N2O5S2. The van der Waals surface area contributed by atoms with Crippen molar-refractivity contribution in [3.63, 3.8) is 0 Å². The average molecular weight is 436 g/mol. The van der Waals surface area contributed by atoms with Crippen LogP contribution in [0.5, 0.6) is 5.75 Å². The van der Waals surface area contributed by atoms with Crippen LogP contribution in [-0.2, 0) is 26.5 Å². The average Bonchev–Trinajstić information content (AvgIpc) is 2.88. The minimum Gasteiger partial charge on any atom is -0.404 e. The molecule has 0 aliphatic carbocycles. The van der Waals surface area contributed by atoms with E-state index in [1.807, 2.05) is 0 Å². The highest BCUT2D eigenvalue weighted by molar-refractivity contribution is 7.93. The first-order valence-corrected chi connectivity index (χ1v) is 10.8. The van der Waals surface area contributed by atoms with Crippen molar-refractivity contribution in [3.05, 3.63) is 48.0 Å². The number of anilines is 1. The van der Waals surface area contributed by atoms with Crippen LogP contribution in [0.1, 0.15) is 12.5 Å². The Morgan fingerprint density at radius 1 is 1.11 bits per heavy atom. The Hall–Kier alpha value is -2.31. The summed E-state index contributed by atoms with van der Waals surface area (Å²) < 4.78 is 92.1. The number of para-hydroxylation sites is 1.